The molecule has 0 radical (unpaired) electrons. The first-order valence-corrected chi connectivity index (χ1v) is 9.54. The number of nitrogens with zero attached hydrogens (tertiary/aromatic N) is 1. The lowest BCUT2D eigenvalue weighted by Gasteiger charge is -2.35. The van der Waals surface area contributed by atoms with Crippen LogP contribution >= 0.6 is 11.6 Å². The Bertz CT molecular complexity index is 826. The lowest BCUT2D eigenvalue weighted by molar-refractivity contribution is -0.342. The highest BCUT2D eigenvalue weighted by Gasteiger charge is 2.47. The van der Waals surface area contributed by atoms with Crippen molar-refractivity contribution in [2.24, 2.45) is 0 Å². The molecule has 2 amide bonds. The highest BCUT2D eigenvalue weighted by Crippen LogP contribution is 2.45. The van der Waals surface area contributed by atoms with Crippen molar-refractivity contribution in [3.8, 4) is 0 Å². The minimum atomic E-state index is -4.97. The van der Waals surface area contributed by atoms with Gasteiger partial charge in [-0.05, 0) is 30.9 Å². The zero-order valence-electron chi connectivity index (χ0n) is 15.4. The molecule has 0 aromatic heterocycles. The summed E-state index contributed by atoms with van der Waals surface area (Å²) in [4.78, 5) is 25.2. The zero-order chi connectivity index (χ0) is 21.1. The van der Waals surface area contributed by atoms with Crippen molar-refractivity contribution in [3.05, 3.63) is 53.7 Å². The number of ether oxygens (including phenoxy) is 1. The second-order valence-electron chi connectivity index (χ2n) is 6.94. The quantitative estimate of drug-likeness (QED) is 0.570. The number of piperidine rings is 1. The van der Waals surface area contributed by atoms with E-state index >= 15 is 0 Å². The van der Waals surface area contributed by atoms with Crippen molar-refractivity contribution in [3.63, 3.8) is 0 Å². The van der Waals surface area contributed by atoms with Gasteiger partial charge in [-0.15, -0.1) is 13.2 Å². The molecule has 1 heterocycles. The fourth-order valence-corrected chi connectivity index (χ4v) is 4.00. The molecule has 1 N–H and O–H groups in total. The van der Waals surface area contributed by atoms with Gasteiger partial charge in [0.05, 0.1) is 0 Å². The molecule has 1 saturated heterocycles. The molecular formula is C20H20ClF3N2O3. The molecule has 0 spiro atoms. The zero-order valence-corrected chi connectivity index (χ0v) is 16.2. The molecule has 5 nitrogen and oxygen atoms in total. The highest BCUT2D eigenvalue weighted by molar-refractivity contribution is 6.29. The molecule has 1 aliphatic heterocycles. The normalized spacial score (nSPS) is 25.1. The summed E-state index contributed by atoms with van der Waals surface area (Å²) in [6.07, 6.45) is 0.252. The van der Waals surface area contributed by atoms with Crippen LogP contribution in [0, 0.1) is 0 Å². The fraction of sp³-hybridized carbons (Fsp3) is 0.400. The van der Waals surface area contributed by atoms with Gasteiger partial charge < -0.3 is 10.2 Å². The molecule has 29 heavy (non-hydrogen) atoms. The van der Waals surface area contributed by atoms with Gasteiger partial charge in [0.15, 0.2) is 5.06 Å². The summed E-state index contributed by atoms with van der Waals surface area (Å²) in [5.74, 6) is -0.453. The standard InChI is InChI=1S/C20H20ClF3N2O3/c21-19(29-20(22,23)24)12-15(9-10-16(19)14-6-2-1-3-7-14)25-18(28)17-8-4-5-11-26(17)13-27/h1-3,6-7,9-10,13,17H,4-5,8,11-12H2,(H,25,28). The van der Waals surface area contributed by atoms with Crippen LogP contribution in [0.5, 0.6) is 0 Å². The van der Waals surface area contributed by atoms with Crippen LogP contribution in [0.3, 0.4) is 0 Å². The molecular weight excluding hydrogens is 409 g/mol. The van der Waals surface area contributed by atoms with Crippen molar-refractivity contribution in [1.82, 2.24) is 10.2 Å². The molecule has 2 aliphatic rings. The summed E-state index contributed by atoms with van der Waals surface area (Å²) in [5.41, 5.74) is 0.806. The van der Waals surface area contributed by atoms with Gasteiger partial charge in [0.1, 0.15) is 6.04 Å². The summed E-state index contributed by atoms with van der Waals surface area (Å²) in [6.45, 7) is 0.468. The maximum Gasteiger partial charge on any atom is 0.524 e. The Kier molecular flexibility index (Phi) is 6.33. The summed E-state index contributed by atoms with van der Waals surface area (Å²) in [6, 6.07) is 7.69. The van der Waals surface area contributed by atoms with E-state index in [9.17, 15) is 22.8 Å². The number of likely N-dealkylation sites (tertiary alicyclic amines) is 1. The van der Waals surface area contributed by atoms with Crippen LogP contribution in [0.4, 0.5) is 13.2 Å². The van der Waals surface area contributed by atoms with Gasteiger partial charge in [0.2, 0.25) is 12.3 Å². The minimum absolute atomic E-state index is 0.141. The first-order chi connectivity index (χ1) is 13.7. The lowest BCUT2D eigenvalue weighted by atomic mass is 9.92. The van der Waals surface area contributed by atoms with E-state index in [2.05, 4.69) is 10.1 Å². The van der Waals surface area contributed by atoms with Crippen LogP contribution < -0.4 is 5.32 Å². The third kappa shape index (κ3) is 5.19. The second-order valence-corrected chi connectivity index (χ2v) is 7.55. The van der Waals surface area contributed by atoms with E-state index < -0.39 is 29.8 Å². The molecule has 2 unspecified atom stereocenters. The van der Waals surface area contributed by atoms with Crippen LogP contribution in [0.2, 0.25) is 0 Å². The number of halogens is 4. The van der Waals surface area contributed by atoms with E-state index in [1.54, 1.807) is 30.3 Å². The Hall–Kier alpha value is -2.32. The van der Waals surface area contributed by atoms with Gasteiger partial charge in [-0.3, -0.25) is 14.3 Å². The Morgan fingerprint density at radius 3 is 2.62 bits per heavy atom. The number of rotatable bonds is 5. The molecule has 1 aromatic rings. The highest BCUT2D eigenvalue weighted by atomic mass is 35.5. The van der Waals surface area contributed by atoms with E-state index in [4.69, 9.17) is 11.6 Å². The number of amides is 2. The molecule has 1 aliphatic carbocycles. The summed E-state index contributed by atoms with van der Waals surface area (Å²) >= 11 is 6.31. The Balaban J connectivity index is 1.85. The maximum absolute atomic E-state index is 13.1. The van der Waals surface area contributed by atoms with Crippen molar-refractivity contribution in [1.29, 1.82) is 0 Å². The van der Waals surface area contributed by atoms with E-state index in [1.807, 2.05) is 0 Å². The fourth-order valence-electron chi connectivity index (χ4n) is 3.60. The lowest BCUT2D eigenvalue weighted by Crippen LogP contribution is -2.49. The van der Waals surface area contributed by atoms with Gasteiger partial charge >= 0.3 is 6.36 Å². The molecule has 3 rings (SSSR count). The van der Waals surface area contributed by atoms with Gasteiger partial charge in [-0.2, -0.15) is 0 Å². The number of carbonyl (C=O) groups is 2. The third-order valence-electron chi connectivity index (χ3n) is 4.90. The smallest absolute Gasteiger partial charge is 0.333 e. The first-order valence-electron chi connectivity index (χ1n) is 9.16. The monoisotopic (exact) mass is 428 g/mol. The van der Waals surface area contributed by atoms with Gasteiger partial charge in [-0.25, -0.2) is 0 Å². The number of hydrogen-bond acceptors (Lipinski definition) is 3. The summed E-state index contributed by atoms with van der Waals surface area (Å²) < 4.78 is 43.5. The molecule has 1 fully saturated rings. The molecule has 9 heteroatoms. The van der Waals surface area contributed by atoms with E-state index in [0.717, 1.165) is 12.8 Å². The Morgan fingerprint density at radius 2 is 1.97 bits per heavy atom. The van der Waals surface area contributed by atoms with Crippen molar-refractivity contribution in [2.75, 3.05) is 6.54 Å². The molecule has 2 atom stereocenters. The van der Waals surface area contributed by atoms with Gasteiger partial charge in [-0.1, -0.05) is 48.0 Å². The molecule has 0 bridgehead atoms. The van der Waals surface area contributed by atoms with E-state index in [0.29, 0.717) is 24.9 Å². The van der Waals surface area contributed by atoms with Gasteiger partial charge in [0.25, 0.3) is 0 Å². The van der Waals surface area contributed by atoms with E-state index in [-0.39, 0.29) is 11.3 Å². The maximum atomic E-state index is 13.1. The largest absolute Gasteiger partial charge is 0.524 e. The predicted molar refractivity (Wildman–Crippen MR) is 101 cm³/mol. The van der Waals surface area contributed by atoms with Crippen LogP contribution in [-0.2, 0) is 14.3 Å². The van der Waals surface area contributed by atoms with Crippen LogP contribution in [0.15, 0.2) is 48.2 Å². The molecule has 1 aromatic carbocycles. The van der Waals surface area contributed by atoms with Gasteiger partial charge in [0, 0.05) is 24.2 Å². The third-order valence-corrected chi connectivity index (χ3v) is 5.31. The number of allylic oxidation sites excluding steroid dienone is 2. The average molecular weight is 429 g/mol. The van der Waals surface area contributed by atoms with Crippen molar-refractivity contribution < 1.29 is 27.5 Å². The topological polar surface area (TPSA) is 58.6 Å². The van der Waals surface area contributed by atoms with Crippen LogP contribution in [-0.4, -0.2) is 41.2 Å². The second kappa shape index (κ2) is 8.59. The Morgan fingerprint density at radius 1 is 1.24 bits per heavy atom. The van der Waals surface area contributed by atoms with E-state index in [1.165, 1.54) is 17.1 Å². The number of hydrogen-bond donors (Lipinski definition) is 1. The number of nitrogens with one attached hydrogen (secondary N) is 1. The summed E-state index contributed by atoms with van der Waals surface area (Å²) in [5, 5.41) is 0.383. The average Bonchev–Trinajstić information content (AvgIpc) is 2.67. The molecule has 0 saturated carbocycles. The minimum Gasteiger partial charge on any atom is -0.333 e. The predicted octanol–water partition coefficient (Wildman–Crippen LogP) is 3.96. The SMILES string of the molecule is O=CN1CCCCC1C(=O)NC1=CC=C(c2ccccc2)C(Cl)(OC(F)(F)F)C1. The van der Waals surface area contributed by atoms with Crippen LogP contribution in [0.1, 0.15) is 31.2 Å². The first kappa shape index (κ1) is 21.4. The number of alkyl halides is 4. The molecule has 156 valence electrons. The van der Waals surface area contributed by atoms with Crippen molar-refractivity contribution in [2.45, 2.75) is 43.1 Å². The number of benzene rings is 1. The Labute approximate surface area is 171 Å². The van der Waals surface area contributed by atoms with Crippen LogP contribution in [0.25, 0.3) is 5.57 Å². The summed E-state index contributed by atoms with van der Waals surface area (Å²) in [7, 11) is 0. The number of carbonyl (C=O) groups excluding carboxylic acids is 2. The van der Waals surface area contributed by atoms with Crippen molar-refractivity contribution >= 4 is 29.5 Å².